The molecule has 0 spiro atoms. The normalized spacial score (nSPS) is 16.9. The Morgan fingerprint density at radius 1 is 1.15 bits per heavy atom. The van der Waals surface area contributed by atoms with Crippen LogP contribution in [0.25, 0.3) is 0 Å². The molecule has 0 saturated carbocycles. The number of hydrogen-bond donors (Lipinski definition) is 2. The van der Waals surface area contributed by atoms with Gasteiger partial charge in [0.05, 0.1) is 18.5 Å². The largest absolute Gasteiger partial charge is 0.378 e. The number of rotatable bonds is 9. The smallest absolute Gasteiger partial charge is 0.221 e. The van der Waals surface area contributed by atoms with Gasteiger partial charge in [-0.1, -0.05) is 0 Å². The molecule has 1 amide bonds. The van der Waals surface area contributed by atoms with E-state index in [0.29, 0.717) is 45.1 Å². The van der Waals surface area contributed by atoms with E-state index in [0.717, 1.165) is 0 Å². The van der Waals surface area contributed by atoms with Crippen molar-refractivity contribution in [2.45, 2.75) is 46.3 Å². The van der Waals surface area contributed by atoms with Crippen molar-refractivity contribution in [2.24, 2.45) is 4.99 Å². The molecule has 27 heavy (non-hydrogen) atoms. The van der Waals surface area contributed by atoms with E-state index < -0.39 is 10.0 Å². The highest BCUT2D eigenvalue weighted by atomic mass is 32.2. The lowest BCUT2D eigenvalue weighted by Gasteiger charge is -2.35. The second kappa shape index (κ2) is 11.5. The number of aliphatic imine (C=N–C) groups is 1. The van der Waals surface area contributed by atoms with Gasteiger partial charge in [-0.05, 0) is 27.7 Å². The number of carbonyl (C=O) groups excluding carboxylic acids is 1. The predicted octanol–water partition coefficient (Wildman–Crippen LogP) is -0.151. The Hall–Kier alpha value is -1.39. The van der Waals surface area contributed by atoms with E-state index in [1.54, 1.807) is 7.05 Å². The van der Waals surface area contributed by atoms with Gasteiger partial charge in [-0.3, -0.25) is 9.79 Å². The maximum absolute atomic E-state index is 12.4. The molecule has 1 rings (SSSR count). The molecule has 9 nitrogen and oxygen atoms in total. The van der Waals surface area contributed by atoms with E-state index in [9.17, 15) is 13.2 Å². The lowest BCUT2D eigenvalue weighted by Crippen LogP contribution is -2.54. The fourth-order valence-corrected chi connectivity index (χ4v) is 4.00. The van der Waals surface area contributed by atoms with Crippen molar-refractivity contribution in [1.29, 1.82) is 0 Å². The summed E-state index contributed by atoms with van der Waals surface area (Å²) in [6.45, 7) is 10.3. The number of guanidine groups is 1. The fourth-order valence-electron chi connectivity index (χ4n) is 2.71. The maximum Gasteiger partial charge on any atom is 0.221 e. The van der Waals surface area contributed by atoms with E-state index in [4.69, 9.17) is 4.74 Å². The molecule has 0 aliphatic carbocycles. The van der Waals surface area contributed by atoms with Gasteiger partial charge >= 0.3 is 0 Å². The summed E-state index contributed by atoms with van der Waals surface area (Å²) in [5, 5.41) is 6.01. The van der Waals surface area contributed by atoms with Crippen LogP contribution in [-0.4, -0.2) is 93.8 Å². The number of nitrogens with zero attached hydrogens (tertiary/aromatic N) is 3. The molecule has 0 radical (unpaired) electrons. The highest BCUT2D eigenvalue weighted by molar-refractivity contribution is 7.89. The van der Waals surface area contributed by atoms with Gasteiger partial charge < -0.3 is 20.3 Å². The molecule has 158 valence electrons. The number of sulfonamides is 1. The summed E-state index contributed by atoms with van der Waals surface area (Å²) in [4.78, 5) is 17.9. The lowest BCUT2D eigenvalue weighted by molar-refractivity contribution is -0.121. The Balaban J connectivity index is 2.41. The minimum Gasteiger partial charge on any atom is -0.378 e. The van der Waals surface area contributed by atoms with Gasteiger partial charge in [0.25, 0.3) is 0 Å². The van der Waals surface area contributed by atoms with Crippen LogP contribution in [0.3, 0.4) is 0 Å². The van der Waals surface area contributed by atoms with Crippen LogP contribution in [0.15, 0.2) is 4.99 Å². The molecular formula is C17H35N5O4S. The van der Waals surface area contributed by atoms with Crippen molar-refractivity contribution >= 4 is 21.9 Å². The third-order valence-corrected chi connectivity index (χ3v) is 5.86. The number of ether oxygens (including phenoxy) is 1. The minimum absolute atomic E-state index is 0.00309. The summed E-state index contributed by atoms with van der Waals surface area (Å²) < 4.78 is 31.6. The summed E-state index contributed by atoms with van der Waals surface area (Å²) in [6, 6.07) is 0.123. The first-order valence-electron chi connectivity index (χ1n) is 9.50. The Kier molecular flexibility index (Phi) is 10.0. The van der Waals surface area contributed by atoms with Gasteiger partial charge in [0, 0.05) is 52.2 Å². The van der Waals surface area contributed by atoms with Crippen LogP contribution < -0.4 is 10.6 Å². The van der Waals surface area contributed by atoms with E-state index in [2.05, 4.69) is 15.6 Å². The summed E-state index contributed by atoms with van der Waals surface area (Å²) in [7, 11) is -1.62. The third kappa shape index (κ3) is 8.89. The molecule has 0 atom stereocenters. The molecular weight excluding hydrogens is 370 g/mol. The van der Waals surface area contributed by atoms with Gasteiger partial charge in [-0.15, -0.1) is 0 Å². The van der Waals surface area contributed by atoms with Crippen molar-refractivity contribution in [3.05, 3.63) is 0 Å². The van der Waals surface area contributed by atoms with Gasteiger partial charge in [0.1, 0.15) is 0 Å². The number of piperazine rings is 1. The topological polar surface area (TPSA) is 103 Å². The zero-order valence-corrected chi connectivity index (χ0v) is 18.0. The van der Waals surface area contributed by atoms with E-state index in [-0.39, 0.29) is 30.4 Å². The molecule has 0 unspecified atom stereocenters. The third-order valence-electron chi connectivity index (χ3n) is 4.02. The van der Waals surface area contributed by atoms with E-state index in [1.807, 2.05) is 32.6 Å². The first-order chi connectivity index (χ1) is 12.7. The van der Waals surface area contributed by atoms with Crippen LogP contribution in [-0.2, 0) is 19.6 Å². The Morgan fingerprint density at radius 2 is 1.78 bits per heavy atom. The molecule has 1 saturated heterocycles. The number of hydrogen-bond acceptors (Lipinski definition) is 5. The van der Waals surface area contributed by atoms with Crippen LogP contribution in [0.5, 0.6) is 0 Å². The molecule has 1 fully saturated rings. The fraction of sp³-hybridized carbons (Fsp3) is 0.882. The van der Waals surface area contributed by atoms with Gasteiger partial charge in [0.2, 0.25) is 15.9 Å². The number of carbonyl (C=O) groups is 1. The first kappa shape index (κ1) is 23.6. The first-order valence-corrected chi connectivity index (χ1v) is 11.1. The lowest BCUT2D eigenvalue weighted by atomic mass is 10.3. The molecule has 1 heterocycles. The van der Waals surface area contributed by atoms with Crippen molar-refractivity contribution in [3.63, 3.8) is 0 Å². The monoisotopic (exact) mass is 405 g/mol. The molecule has 10 heteroatoms. The summed E-state index contributed by atoms with van der Waals surface area (Å²) in [5.74, 6) is 0.684. The van der Waals surface area contributed by atoms with Crippen LogP contribution in [0.2, 0.25) is 0 Å². The van der Waals surface area contributed by atoms with Crippen LogP contribution in [0, 0.1) is 0 Å². The van der Waals surface area contributed by atoms with E-state index in [1.165, 1.54) is 4.31 Å². The Morgan fingerprint density at radius 3 is 2.30 bits per heavy atom. The van der Waals surface area contributed by atoms with Crippen LogP contribution >= 0.6 is 0 Å². The average molecular weight is 406 g/mol. The molecule has 0 aromatic carbocycles. The van der Waals surface area contributed by atoms with E-state index >= 15 is 0 Å². The predicted molar refractivity (Wildman–Crippen MR) is 107 cm³/mol. The summed E-state index contributed by atoms with van der Waals surface area (Å²) >= 11 is 0. The summed E-state index contributed by atoms with van der Waals surface area (Å²) in [5.41, 5.74) is 0. The highest BCUT2D eigenvalue weighted by Gasteiger charge is 2.28. The highest BCUT2D eigenvalue weighted by Crippen LogP contribution is 2.09. The SMILES string of the molecule is CN=C(NCCC(=O)NC(C)C)N1CCN(S(=O)(=O)CCOC(C)C)CC1. The zero-order chi connectivity index (χ0) is 20.4. The standard InChI is InChI=1S/C17H35N5O4S/c1-14(2)20-16(23)6-7-19-17(18-5)21-8-10-22(11-9-21)27(24,25)13-12-26-15(3)4/h14-15H,6-13H2,1-5H3,(H,18,19)(H,20,23). The quantitative estimate of drug-likeness (QED) is 0.408. The molecule has 0 bridgehead atoms. The number of amides is 1. The Bertz CT molecular complexity index is 584. The molecule has 0 aromatic rings. The Labute approximate surface area is 163 Å². The van der Waals surface area contributed by atoms with Crippen molar-refractivity contribution in [1.82, 2.24) is 19.8 Å². The van der Waals surface area contributed by atoms with Crippen molar-refractivity contribution in [3.8, 4) is 0 Å². The molecule has 1 aliphatic heterocycles. The van der Waals surface area contributed by atoms with Gasteiger partial charge in [-0.25, -0.2) is 8.42 Å². The van der Waals surface area contributed by atoms with Crippen molar-refractivity contribution < 1.29 is 17.9 Å². The zero-order valence-electron chi connectivity index (χ0n) is 17.2. The number of nitrogens with one attached hydrogen (secondary N) is 2. The minimum atomic E-state index is -3.31. The maximum atomic E-state index is 12.4. The van der Waals surface area contributed by atoms with Crippen molar-refractivity contribution in [2.75, 3.05) is 52.1 Å². The van der Waals surface area contributed by atoms with Crippen LogP contribution in [0.4, 0.5) is 0 Å². The van der Waals surface area contributed by atoms with Crippen LogP contribution in [0.1, 0.15) is 34.1 Å². The average Bonchev–Trinajstić information content (AvgIpc) is 2.58. The second-order valence-electron chi connectivity index (χ2n) is 7.07. The molecule has 1 aliphatic rings. The van der Waals surface area contributed by atoms with Gasteiger partial charge in [-0.2, -0.15) is 4.31 Å². The molecule has 0 aromatic heterocycles. The molecule has 2 N–H and O–H groups in total. The summed E-state index contributed by atoms with van der Waals surface area (Å²) in [6.07, 6.45) is 0.385. The second-order valence-corrected chi connectivity index (χ2v) is 9.16. The van der Waals surface area contributed by atoms with Gasteiger partial charge in [0.15, 0.2) is 5.96 Å².